The van der Waals surface area contributed by atoms with E-state index < -0.39 is 11.1 Å². The fraction of sp³-hybridized carbons (Fsp3) is 0.357. The number of aromatic amines is 1. The van der Waals surface area contributed by atoms with Crippen LogP contribution in [0.4, 0.5) is 5.82 Å². The quantitative estimate of drug-likeness (QED) is 0.266. The van der Waals surface area contributed by atoms with Gasteiger partial charge in [0.1, 0.15) is 5.52 Å². The van der Waals surface area contributed by atoms with Gasteiger partial charge in [0.25, 0.3) is 0 Å². The van der Waals surface area contributed by atoms with Crippen molar-refractivity contribution < 1.29 is 4.74 Å². The fourth-order valence-corrected chi connectivity index (χ4v) is 4.70. The van der Waals surface area contributed by atoms with E-state index in [0.717, 1.165) is 49.2 Å². The summed E-state index contributed by atoms with van der Waals surface area (Å²) in [5, 5.41) is 0. The van der Waals surface area contributed by atoms with Gasteiger partial charge in [0.05, 0.1) is 13.2 Å². The van der Waals surface area contributed by atoms with Crippen molar-refractivity contribution in [1.82, 2.24) is 24.4 Å². The zero-order valence-corrected chi connectivity index (χ0v) is 21.1. The number of likely N-dealkylation sites (tertiary alicyclic amines) is 1. The molecule has 0 bridgehead atoms. The molecule has 9 nitrogen and oxygen atoms in total. The molecule has 192 valence electrons. The van der Waals surface area contributed by atoms with Gasteiger partial charge in [-0.2, -0.15) is 9.97 Å². The van der Waals surface area contributed by atoms with E-state index in [4.69, 9.17) is 10.5 Å². The molecule has 2 aromatic carbocycles. The molecule has 0 radical (unpaired) electrons. The lowest BCUT2D eigenvalue weighted by molar-refractivity contribution is 0.286. The molecule has 37 heavy (non-hydrogen) atoms. The number of aromatic nitrogens is 4. The highest BCUT2D eigenvalue weighted by Gasteiger charge is 2.16. The third kappa shape index (κ3) is 5.56. The van der Waals surface area contributed by atoms with Crippen molar-refractivity contribution in [3.05, 3.63) is 80.4 Å². The van der Waals surface area contributed by atoms with Crippen molar-refractivity contribution in [3.63, 3.8) is 0 Å². The summed E-state index contributed by atoms with van der Waals surface area (Å²) < 4.78 is 6.94. The maximum atomic E-state index is 12.8. The zero-order chi connectivity index (χ0) is 25.8. The summed E-state index contributed by atoms with van der Waals surface area (Å²) in [5.74, 6) is 0.0616. The van der Waals surface area contributed by atoms with Crippen LogP contribution in [0.3, 0.4) is 0 Å². The van der Waals surface area contributed by atoms with Crippen molar-refractivity contribution in [3.8, 4) is 17.1 Å². The molecule has 0 aliphatic carbocycles. The van der Waals surface area contributed by atoms with Gasteiger partial charge in [-0.15, -0.1) is 0 Å². The summed E-state index contributed by atoms with van der Waals surface area (Å²) in [6, 6.07) is 16.7. The van der Waals surface area contributed by atoms with Gasteiger partial charge < -0.3 is 15.5 Å². The molecule has 5 rings (SSSR count). The second-order valence-electron chi connectivity index (χ2n) is 9.52. The first kappa shape index (κ1) is 24.7. The van der Waals surface area contributed by atoms with Gasteiger partial charge >= 0.3 is 17.1 Å². The average molecular weight is 501 g/mol. The molecule has 1 aliphatic rings. The normalized spacial score (nSPS) is 13.9. The number of rotatable bonds is 9. The first-order valence-electron chi connectivity index (χ1n) is 12.9. The van der Waals surface area contributed by atoms with Crippen LogP contribution in [0.25, 0.3) is 22.3 Å². The van der Waals surface area contributed by atoms with Gasteiger partial charge in [-0.25, -0.2) is 0 Å². The molecule has 0 saturated carbocycles. The number of hydrogen-bond donors (Lipinski definition) is 2. The third-order valence-electron chi connectivity index (χ3n) is 6.72. The van der Waals surface area contributed by atoms with Crippen LogP contribution in [0.1, 0.15) is 43.7 Å². The molecule has 0 atom stereocenters. The van der Waals surface area contributed by atoms with Crippen molar-refractivity contribution in [1.29, 1.82) is 0 Å². The Morgan fingerprint density at radius 2 is 1.76 bits per heavy atom. The lowest BCUT2D eigenvalue weighted by atomic mass is 10.0. The number of nitrogens with two attached hydrogens (primary N) is 1. The van der Waals surface area contributed by atoms with E-state index in [-0.39, 0.29) is 29.5 Å². The monoisotopic (exact) mass is 500 g/mol. The van der Waals surface area contributed by atoms with Crippen LogP contribution in [-0.4, -0.2) is 44.1 Å². The molecular weight excluding hydrogens is 468 g/mol. The molecule has 2 aromatic heterocycles. The summed E-state index contributed by atoms with van der Waals surface area (Å²) in [4.78, 5) is 38.7. The topological polar surface area (TPSA) is 119 Å². The summed E-state index contributed by atoms with van der Waals surface area (Å²) >= 11 is 0. The summed E-state index contributed by atoms with van der Waals surface area (Å²) in [7, 11) is 0. The molecule has 0 amide bonds. The van der Waals surface area contributed by atoms with Gasteiger partial charge in [0.15, 0.2) is 11.5 Å². The summed E-state index contributed by atoms with van der Waals surface area (Å²) in [6.45, 7) is 5.96. The van der Waals surface area contributed by atoms with Gasteiger partial charge in [-0.05, 0) is 60.7 Å². The van der Waals surface area contributed by atoms with E-state index in [1.165, 1.54) is 23.0 Å². The van der Waals surface area contributed by atoms with Crippen LogP contribution in [-0.2, 0) is 13.1 Å². The Labute approximate surface area is 214 Å². The zero-order valence-electron chi connectivity index (χ0n) is 21.1. The number of anilines is 1. The minimum Gasteiger partial charge on any atom is -0.463 e. The summed E-state index contributed by atoms with van der Waals surface area (Å²) in [5.41, 5.74) is 9.46. The Kier molecular flexibility index (Phi) is 7.32. The molecule has 4 aromatic rings. The molecular formula is C28H32N6O3. The van der Waals surface area contributed by atoms with Crippen LogP contribution >= 0.6 is 0 Å². The van der Waals surface area contributed by atoms with Crippen LogP contribution in [0.15, 0.2) is 58.1 Å². The molecule has 0 spiro atoms. The van der Waals surface area contributed by atoms with E-state index in [0.29, 0.717) is 6.61 Å². The van der Waals surface area contributed by atoms with Crippen molar-refractivity contribution in [2.75, 3.05) is 25.4 Å². The van der Waals surface area contributed by atoms with Crippen LogP contribution in [0.2, 0.25) is 0 Å². The minimum absolute atomic E-state index is 0.0616. The third-order valence-corrected chi connectivity index (χ3v) is 6.72. The highest BCUT2D eigenvalue weighted by atomic mass is 16.5. The molecule has 1 fully saturated rings. The maximum absolute atomic E-state index is 12.8. The number of fused-ring (bicyclic) bond motifs is 1. The largest absolute Gasteiger partial charge is 0.463 e. The standard InChI is InChI=1S/C28H32N6O3/c1-2-3-15-37-28-31-24(29)23-25(32-28)34(27(36)26(35)30-23)18-19-9-11-21(12-10-19)22-8-6-7-20(16-22)17-33-13-4-5-14-33/h6-12,16H,2-5,13-15,17-18H2,1H3,(H,30,35)(H2,29,31,32). The van der Waals surface area contributed by atoms with E-state index in [1.807, 2.05) is 24.3 Å². The fourth-order valence-electron chi connectivity index (χ4n) is 4.70. The van der Waals surface area contributed by atoms with E-state index in [9.17, 15) is 9.59 Å². The number of unbranched alkanes of at least 4 members (excludes halogenated alkanes) is 1. The Hall–Kier alpha value is -3.98. The number of nitrogens with zero attached hydrogens (tertiary/aromatic N) is 4. The molecule has 1 saturated heterocycles. The maximum Gasteiger partial charge on any atom is 0.320 e. The number of nitrogens with one attached hydrogen (secondary N) is 1. The molecule has 3 N–H and O–H groups in total. The lowest BCUT2D eigenvalue weighted by Gasteiger charge is -2.15. The Morgan fingerprint density at radius 3 is 2.51 bits per heavy atom. The number of nitrogen functional groups attached to an aromatic ring is 1. The van der Waals surface area contributed by atoms with Gasteiger partial charge in [0, 0.05) is 6.54 Å². The Balaban J connectivity index is 1.41. The number of ether oxygens (including phenoxy) is 1. The van der Waals surface area contributed by atoms with E-state index in [2.05, 4.69) is 51.0 Å². The SMILES string of the molecule is CCCCOc1nc(N)c2[nH]c(=O)c(=O)n(Cc3ccc(-c4cccc(CN5CCCC5)c4)cc3)c2n1. The molecule has 1 aliphatic heterocycles. The van der Waals surface area contributed by atoms with Crippen LogP contribution in [0.5, 0.6) is 6.01 Å². The highest BCUT2D eigenvalue weighted by molar-refractivity contribution is 5.81. The predicted molar refractivity (Wildman–Crippen MR) is 145 cm³/mol. The van der Waals surface area contributed by atoms with Gasteiger partial charge in [-0.3, -0.25) is 19.1 Å². The van der Waals surface area contributed by atoms with Gasteiger partial charge in [0.2, 0.25) is 0 Å². The predicted octanol–water partition coefficient (Wildman–Crippen LogP) is 3.55. The van der Waals surface area contributed by atoms with Crippen molar-refractivity contribution >= 4 is 17.0 Å². The number of hydrogen-bond acceptors (Lipinski definition) is 7. The first-order chi connectivity index (χ1) is 18.0. The van der Waals surface area contributed by atoms with Crippen LogP contribution in [0, 0.1) is 0 Å². The Bertz CT molecular complexity index is 1500. The number of H-pyrrole nitrogens is 1. The van der Waals surface area contributed by atoms with E-state index >= 15 is 0 Å². The minimum atomic E-state index is -0.770. The summed E-state index contributed by atoms with van der Waals surface area (Å²) in [6.07, 6.45) is 4.35. The average Bonchev–Trinajstić information content (AvgIpc) is 3.41. The smallest absolute Gasteiger partial charge is 0.320 e. The first-order valence-corrected chi connectivity index (χ1v) is 12.9. The van der Waals surface area contributed by atoms with Crippen LogP contribution < -0.4 is 21.6 Å². The number of benzene rings is 2. The molecule has 3 heterocycles. The second-order valence-corrected chi connectivity index (χ2v) is 9.52. The second kappa shape index (κ2) is 11.0. The van der Waals surface area contributed by atoms with Crippen molar-refractivity contribution in [2.24, 2.45) is 0 Å². The highest BCUT2D eigenvalue weighted by Crippen LogP contribution is 2.23. The molecule has 0 unspecified atom stereocenters. The Morgan fingerprint density at radius 1 is 0.973 bits per heavy atom. The lowest BCUT2D eigenvalue weighted by Crippen LogP contribution is -2.37. The van der Waals surface area contributed by atoms with E-state index in [1.54, 1.807) is 0 Å². The molecule has 9 heteroatoms. The van der Waals surface area contributed by atoms with Gasteiger partial charge in [-0.1, -0.05) is 55.8 Å². The van der Waals surface area contributed by atoms with Crippen molar-refractivity contribution in [2.45, 2.75) is 45.7 Å².